The van der Waals surface area contributed by atoms with Gasteiger partial charge >= 0.3 is 0 Å². The van der Waals surface area contributed by atoms with E-state index in [0.717, 1.165) is 42.2 Å². The second-order valence-electron chi connectivity index (χ2n) is 6.15. The maximum atomic E-state index is 12.5. The second-order valence-corrected chi connectivity index (χ2v) is 7.01. The summed E-state index contributed by atoms with van der Waals surface area (Å²) >= 11 is 1.61. The first-order valence-corrected chi connectivity index (χ1v) is 9.00. The fourth-order valence-corrected chi connectivity index (χ4v) is 3.75. The predicted octanol–water partition coefficient (Wildman–Crippen LogP) is 3.72. The third-order valence-corrected chi connectivity index (χ3v) is 5.31. The van der Waals surface area contributed by atoms with E-state index in [1.807, 2.05) is 17.3 Å². The Morgan fingerprint density at radius 3 is 2.72 bits per heavy atom. The van der Waals surface area contributed by atoms with E-state index < -0.39 is 0 Å². The molecule has 7 heteroatoms. The summed E-state index contributed by atoms with van der Waals surface area (Å²) in [6, 6.07) is 8.77. The highest BCUT2D eigenvalue weighted by Crippen LogP contribution is 2.24. The predicted molar refractivity (Wildman–Crippen MR) is 109 cm³/mol. The van der Waals surface area contributed by atoms with Gasteiger partial charge in [-0.15, -0.1) is 36.2 Å². The Hall–Kier alpha value is -1.14. The molecule has 1 aromatic carbocycles. The Labute approximate surface area is 165 Å². The minimum absolute atomic E-state index is 0. The van der Waals surface area contributed by atoms with Crippen molar-refractivity contribution in [1.29, 1.82) is 0 Å². The molecular weight excluding hydrogens is 377 g/mol. The van der Waals surface area contributed by atoms with Crippen molar-refractivity contribution in [2.24, 2.45) is 0 Å². The summed E-state index contributed by atoms with van der Waals surface area (Å²) in [4.78, 5) is 19.1. The minimum Gasteiger partial charge on any atom is -0.341 e. The van der Waals surface area contributed by atoms with Crippen LogP contribution in [0, 0.1) is 6.92 Å². The first-order valence-electron chi connectivity index (χ1n) is 8.12. The van der Waals surface area contributed by atoms with Crippen molar-refractivity contribution in [3.05, 3.63) is 40.9 Å². The highest BCUT2D eigenvalue weighted by atomic mass is 35.5. The largest absolute Gasteiger partial charge is 0.341 e. The lowest BCUT2D eigenvalue weighted by molar-refractivity contribution is -0.131. The molecule has 2 aromatic rings. The lowest BCUT2D eigenvalue weighted by Gasteiger charge is -2.32. The molecule has 1 aliphatic heterocycles. The Morgan fingerprint density at radius 1 is 1.32 bits per heavy atom. The summed E-state index contributed by atoms with van der Waals surface area (Å²) in [5, 5.41) is 6.27. The van der Waals surface area contributed by atoms with Gasteiger partial charge in [-0.3, -0.25) is 4.79 Å². The maximum Gasteiger partial charge on any atom is 0.228 e. The van der Waals surface area contributed by atoms with Crippen molar-refractivity contribution < 1.29 is 4.79 Å². The summed E-state index contributed by atoms with van der Waals surface area (Å²) in [7, 11) is 1.97. The Morgan fingerprint density at radius 2 is 2.04 bits per heavy atom. The molecule has 0 radical (unpaired) electrons. The zero-order valence-electron chi connectivity index (χ0n) is 14.5. The monoisotopic (exact) mass is 401 g/mol. The molecule has 1 N–H and O–H groups in total. The number of carbonyl (C=O) groups is 1. The number of aromatic nitrogens is 1. The average molecular weight is 402 g/mol. The molecule has 0 spiro atoms. The number of thiazole rings is 1. The van der Waals surface area contributed by atoms with Crippen molar-refractivity contribution in [1.82, 2.24) is 15.2 Å². The fourth-order valence-electron chi connectivity index (χ4n) is 2.92. The topological polar surface area (TPSA) is 45.2 Å². The van der Waals surface area contributed by atoms with Crippen LogP contribution in [0.2, 0.25) is 0 Å². The van der Waals surface area contributed by atoms with Gasteiger partial charge in [-0.25, -0.2) is 4.98 Å². The Kier molecular flexibility index (Phi) is 8.86. The van der Waals surface area contributed by atoms with Crippen LogP contribution in [0.25, 0.3) is 10.6 Å². The van der Waals surface area contributed by atoms with Crippen LogP contribution in [-0.4, -0.2) is 42.0 Å². The van der Waals surface area contributed by atoms with Crippen molar-refractivity contribution in [2.45, 2.75) is 32.2 Å². The lowest BCUT2D eigenvalue weighted by Crippen LogP contribution is -2.47. The number of aryl methyl sites for hydroxylation is 1. The van der Waals surface area contributed by atoms with Crippen LogP contribution < -0.4 is 5.32 Å². The van der Waals surface area contributed by atoms with Gasteiger partial charge in [-0.2, -0.15) is 0 Å². The van der Waals surface area contributed by atoms with Crippen molar-refractivity contribution in [3.8, 4) is 10.6 Å². The summed E-state index contributed by atoms with van der Waals surface area (Å²) in [6.45, 7) is 3.75. The molecule has 1 aromatic heterocycles. The van der Waals surface area contributed by atoms with Crippen LogP contribution in [-0.2, 0) is 11.2 Å². The standard InChI is InChI=1S/C18H23N3OS.2ClH/c1-13-5-7-14(8-6-13)18-20-16(12-23-18)10-17(22)21-9-3-4-15(11-21)19-2;;/h5-8,12,15,19H,3-4,9-11H2,1-2H3;2*1H. The van der Waals surface area contributed by atoms with Crippen LogP contribution >= 0.6 is 36.2 Å². The SMILES string of the molecule is CNC1CCCN(C(=O)Cc2csc(-c3ccc(C)cc3)n2)C1.Cl.Cl. The van der Waals surface area contributed by atoms with Gasteiger partial charge < -0.3 is 10.2 Å². The van der Waals surface area contributed by atoms with E-state index in [1.165, 1.54) is 5.56 Å². The molecule has 138 valence electrons. The van der Waals surface area contributed by atoms with Crippen LogP contribution in [0.4, 0.5) is 0 Å². The second kappa shape index (κ2) is 10.1. The highest BCUT2D eigenvalue weighted by molar-refractivity contribution is 7.13. The number of nitrogens with one attached hydrogen (secondary N) is 1. The quantitative estimate of drug-likeness (QED) is 0.848. The maximum absolute atomic E-state index is 12.5. The van der Waals surface area contributed by atoms with Crippen molar-refractivity contribution in [2.75, 3.05) is 20.1 Å². The van der Waals surface area contributed by atoms with Gasteiger partial charge in [-0.05, 0) is 26.8 Å². The molecular formula is C18H25Cl2N3OS. The van der Waals surface area contributed by atoms with E-state index in [9.17, 15) is 4.79 Å². The molecule has 0 aliphatic carbocycles. The van der Waals surface area contributed by atoms with E-state index in [4.69, 9.17) is 0 Å². The molecule has 1 aliphatic rings. The van der Waals surface area contributed by atoms with Gasteiger partial charge in [0, 0.05) is 30.1 Å². The molecule has 1 atom stereocenters. The molecule has 2 heterocycles. The number of amides is 1. The van der Waals surface area contributed by atoms with E-state index in [2.05, 4.69) is 41.5 Å². The van der Waals surface area contributed by atoms with E-state index >= 15 is 0 Å². The van der Waals surface area contributed by atoms with Crippen LogP contribution in [0.5, 0.6) is 0 Å². The zero-order chi connectivity index (χ0) is 16.2. The number of piperidine rings is 1. The molecule has 1 unspecified atom stereocenters. The Bertz CT molecular complexity index is 675. The number of likely N-dealkylation sites (tertiary alicyclic amines) is 1. The molecule has 0 saturated carbocycles. The summed E-state index contributed by atoms with van der Waals surface area (Å²) in [5.74, 6) is 0.186. The molecule has 1 fully saturated rings. The van der Waals surface area contributed by atoms with Gasteiger partial charge in [0.15, 0.2) is 0 Å². The third kappa shape index (κ3) is 5.68. The highest BCUT2D eigenvalue weighted by Gasteiger charge is 2.23. The van der Waals surface area contributed by atoms with Gasteiger partial charge in [0.05, 0.1) is 12.1 Å². The first-order chi connectivity index (χ1) is 11.2. The van der Waals surface area contributed by atoms with Gasteiger partial charge in [0.1, 0.15) is 5.01 Å². The molecule has 4 nitrogen and oxygen atoms in total. The lowest BCUT2D eigenvalue weighted by atomic mass is 10.1. The van der Waals surface area contributed by atoms with E-state index in [1.54, 1.807) is 11.3 Å². The molecule has 1 amide bonds. The van der Waals surface area contributed by atoms with Crippen LogP contribution in [0.15, 0.2) is 29.6 Å². The summed E-state index contributed by atoms with van der Waals surface area (Å²) in [6.07, 6.45) is 2.62. The zero-order valence-corrected chi connectivity index (χ0v) is 17.0. The van der Waals surface area contributed by atoms with E-state index in [-0.39, 0.29) is 30.7 Å². The van der Waals surface area contributed by atoms with Gasteiger partial charge in [0.2, 0.25) is 5.91 Å². The molecule has 25 heavy (non-hydrogen) atoms. The molecule has 0 bridgehead atoms. The minimum atomic E-state index is 0. The van der Waals surface area contributed by atoms with E-state index in [0.29, 0.717) is 12.5 Å². The normalized spacial score (nSPS) is 16.7. The number of hydrogen-bond donors (Lipinski definition) is 1. The molecule has 3 rings (SSSR count). The van der Waals surface area contributed by atoms with Crippen LogP contribution in [0.3, 0.4) is 0 Å². The number of halogens is 2. The van der Waals surface area contributed by atoms with Gasteiger partial charge in [-0.1, -0.05) is 29.8 Å². The Balaban J connectivity index is 0.00000156. The van der Waals surface area contributed by atoms with Gasteiger partial charge in [0.25, 0.3) is 0 Å². The molecule has 1 saturated heterocycles. The van der Waals surface area contributed by atoms with Crippen LogP contribution in [0.1, 0.15) is 24.1 Å². The number of carbonyl (C=O) groups excluding carboxylic acids is 1. The number of benzene rings is 1. The third-order valence-electron chi connectivity index (χ3n) is 4.36. The number of rotatable bonds is 4. The summed E-state index contributed by atoms with van der Waals surface area (Å²) < 4.78 is 0. The smallest absolute Gasteiger partial charge is 0.228 e. The van der Waals surface area contributed by atoms with Crippen molar-refractivity contribution in [3.63, 3.8) is 0 Å². The number of nitrogens with zero attached hydrogens (tertiary/aromatic N) is 2. The first kappa shape index (κ1) is 21.9. The number of hydrogen-bond acceptors (Lipinski definition) is 4. The van der Waals surface area contributed by atoms with Crippen molar-refractivity contribution >= 4 is 42.1 Å². The fraction of sp³-hybridized carbons (Fsp3) is 0.444. The summed E-state index contributed by atoms with van der Waals surface area (Å²) in [5.41, 5.74) is 3.24. The number of likely N-dealkylation sites (N-methyl/N-ethyl adjacent to an activating group) is 1. The average Bonchev–Trinajstić information content (AvgIpc) is 3.04.